The average Bonchev–Trinajstić information content (AvgIpc) is 4.24. The summed E-state index contributed by atoms with van der Waals surface area (Å²) in [5.74, 6) is -4.72. The molecule has 4 fully saturated rings. The quantitative estimate of drug-likeness (QED) is 0.0715. The predicted molar refractivity (Wildman–Crippen MR) is 295 cm³/mol. The third kappa shape index (κ3) is 11.6. The van der Waals surface area contributed by atoms with Crippen LogP contribution >= 0.6 is 11.3 Å². The molecule has 78 heavy (non-hydrogen) atoms. The van der Waals surface area contributed by atoms with Gasteiger partial charge >= 0.3 is 0 Å². The van der Waals surface area contributed by atoms with E-state index in [4.69, 9.17) is 0 Å². The summed E-state index contributed by atoms with van der Waals surface area (Å²) in [6, 6.07) is 18.8. The third-order valence-electron chi connectivity index (χ3n) is 15.6. The highest BCUT2D eigenvalue weighted by Gasteiger charge is 2.44. The Morgan fingerprint density at radius 2 is 1.64 bits per heavy atom. The van der Waals surface area contributed by atoms with Gasteiger partial charge in [0.15, 0.2) is 0 Å². The Balaban J connectivity index is 0.698. The first-order chi connectivity index (χ1) is 37.2. The summed E-state index contributed by atoms with van der Waals surface area (Å²) in [6.45, 7) is 17.2. The van der Waals surface area contributed by atoms with Gasteiger partial charge in [0.1, 0.15) is 29.5 Å². The van der Waals surface area contributed by atoms with Gasteiger partial charge in [-0.25, -0.2) is 31.6 Å². The van der Waals surface area contributed by atoms with Gasteiger partial charge in [-0.2, -0.15) is 4.31 Å². The van der Waals surface area contributed by atoms with Gasteiger partial charge in [0, 0.05) is 124 Å². The average molecular weight is 1110 g/mol. The highest BCUT2D eigenvalue weighted by Crippen LogP contribution is 2.33. The third-order valence-corrected chi connectivity index (χ3v) is 18.3. The molecule has 6 aromatic rings. The molecule has 3 aromatic heterocycles. The van der Waals surface area contributed by atoms with Crippen LogP contribution in [0.4, 0.5) is 18.9 Å². The number of aromatic amines is 1. The zero-order valence-electron chi connectivity index (χ0n) is 44.1. The lowest BCUT2D eigenvalue weighted by Crippen LogP contribution is -2.65. The van der Waals surface area contributed by atoms with Crippen molar-refractivity contribution in [3.63, 3.8) is 0 Å². The van der Waals surface area contributed by atoms with Crippen LogP contribution in [0.25, 0.3) is 32.6 Å². The number of anilines is 1. The molecule has 7 heterocycles. The van der Waals surface area contributed by atoms with Crippen molar-refractivity contribution in [2.75, 3.05) is 70.3 Å². The number of amides is 2. The normalized spacial score (nSPS) is 20.3. The fourth-order valence-electron chi connectivity index (χ4n) is 11.0. The van der Waals surface area contributed by atoms with E-state index in [-0.39, 0.29) is 55.5 Å². The molecular weight excluding hydrogens is 1040 g/mol. The molecule has 0 bridgehead atoms. The van der Waals surface area contributed by atoms with E-state index in [0.29, 0.717) is 41.3 Å². The van der Waals surface area contributed by atoms with Gasteiger partial charge < -0.3 is 30.5 Å². The Morgan fingerprint density at radius 1 is 0.923 bits per heavy atom. The van der Waals surface area contributed by atoms with Crippen molar-refractivity contribution in [2.24, 2.45) is 5.41 Å². The van der Waals surface area contributed by atoms with Gasteiger partial charge in [0.25, 0.3) is 0 Å². The molecule has 0 aliphatic carbocycles. The van der Waals surface area contributed by atoms with Crippen molar-refractivity contribution in [3.05, 3.63) is 136 Å². The lowest BCUT2D eigenvalue weighted by molar-refractivity contribution is -0.140. The number of fused-ring (bicyclic) bond motifs is 1. The lowest BCUT2D eigenvalue weighted by atomic mass is 9.85. The smallest absolute Gasteiger partial charge is 0.246 e. The first-order valence-electron chi connectivity index (χ1n) is 26.3. The number of alkyl halides is 1. The van der Waals surface area contributed by atoms with Crippen LogP contribution in [0.1, 0.15) is 66.4 Å². The van der Waals surface area contributed by atoms with Gasteiger partial charge in [-0.05, 0) is 59.7 Å². The summed E-state index contributed by atoms with van der Waals surface area (Å²) >= 11 is 1.61. The second-order valence-electron chi connectivity index (χ2n) is 22.1. The topological polar surface area (TPSA) is 187 Å². The van der Waals surface area contributed by atoms with Crippen LogP contribution in [-0.4, -0.2) is 161 Å². The molecule has 4 aliphatic heterocycles. The zero-order chi connectivity index (χ0) is 55.2. The number of nitrogens with zero attached hydrogens (tertiary/aromatic N) is 7. The van der Waals surface area contributed by atoms with Crippen molar-refractivity contribution >= 4 is 55.7 Å². The number of aromatic nitrogens is 3. The number of carbonyl (C=O) groups excluding carboxylic acids is 3. The minimum absolute atomic E-state index is 0.0347. The lowest BCUT2D eigenvalue weighted by Gasteiger charge is -2.48. The number of rotatable bonds is 17. The first kappa shape index (κ1) is 54.8. The van der Waals surface area contributed by atoms with Gasteiger partial charge in [0.2, 0.25) is 27.6 Å². The van der Waals surface area contributed by atoms with Crippen LogP contribution in [0, 0.1) is 24.0 Å². The van der Waals surface area contributed by atoms with Crippen LogP contribution in [0.2, 0.25) is 0 Å². The molecule has 0 saturated carbocycles. The van der Waals surface area contributed by atoms with E-state index in [1.807, 2.05) is 57.5 Å². The fraction of sp³-hybridized carbons (Fsp3) is 0.421. The number of ketones is 1. The van der Waals surface area contributed by atoms with E-state index in [2.05, 4.69) is 71.1 Å². The summed E-state index contributed by atoms with van der Waals surface area (Å²) < 4.78 is 71.8. The number of pyridine rings is 1. The van der Waals surface area contributed by atoms with E-state index in [0.717, 1.165) is 88.7 Å². The van der Waals surface area contributed by atoms with E-state index in [1.165, 1.54) is 6.20 Å². The Hall–Kier alpha value is -6.49. The second kappa shape index (κ2) is 22.3. The highest BCUT2D eigenvalue weighted by molar-refractivity contribution is 7.88. The van der Waals surface area contributed by atoms with E-state index in [1.54, 1.807) is 28.5 Å². The number of nitrogens with one attached hydrogen (secondary N) is 3. The van der Waals surface area contributed by atoms with E-state index in [9.17, 15) is 32.3 Å². The Morgan fingerprint density at radius 3 is 2.31 bits per heavy atom. The molecule has 2 amide bonds. The maximum absolute atomic E-state index is 15.9. The number of thiazole rings is 1. The number of sulfonamides is 1. The fourth-order valence-corrected chi connectivity index (χ4v) is 13.4. The largest absolute Gasteiger partial charge is 0.391 e. The number of aliphatic hydroxyl groups excluding tert-OH is 1. The molecule has 0 unspecified atom stereocenters. The monoisotopic (exact) mass is 1110 g/mol. The molecule has 412 valence electrons. The Bertz CT molecular complexity index is 3330. The number of H-pyrrole nitrogens is 1. The highest BCUT2D eigenvalue weighted by atomic mass is 32.2. The van der Waals surface area contributed by atoms with Crippen molar-refractivity contribution in [1.29, 1.82) is 0 Å². The number of hydrogen-bond donors (Lipinski definition) is 4. The molecule has 4 saturated heterocycles. The number of hydrogen-bond acceptors (Lipinski definition) is 13. The second-order valence-corrected chi connectivity index (χ2v) is 24.9. The number of β-amino-alcohol motifs (C(OH)–C–C–N with tert-alkyl or cyclic N) is 1. The van der Waals surface area contributed by atoms with Crippen molar-refractivity contribution in [2.45, 2.75) is 83.2 Å². The van der Waals surface area contributed by atoms with Crippen molar-refractivity contribution in [3.8, 4) is 21.6 Å². The number of carbonyl (C=O) groups is 3. The number of likely N-dealkylation sites (tertiary alicyclic amines) is 2. The summed E-state index contributed by atoms with van der Waals surface area (Å²) in [6.07, 6.45) is 1.32. The predicted octanol–water partition coefficient (Wildman–Crippen LogP) is 6.65. The first-order valence-corrected chi connectivity index (χ1v) is 28.8. The minimum atomic E-state index is -4.12. The number of aryl methyl sites for hydroxylation is 1. The molecule has 21 heteroatoms. The minimum Gasteiger partial charge on any atom is -0.391 e. The standard InChI is InChI=1S/C57H65F3N10O6S2/c1-34(61-24-36-6-8-38(9-7-36)53-35(2)64-33-77-53)48-23-44(71)30-70(48)56(74)54(57(3,4)5)65-49(72)31-66-28-43(29-66)68-20-18-67(19-21-68)42-13-10-37(11-14-42)40-22-45-46(26-63-55(45)62-25-40)52(73)50-47(59)15-12-39(51(50)60)32-78(75,76)69-17-16-41(58)27-69/h6-15,22,25-26,33,41,43-44,48,54,61,71H,1,16-21,23-24,27-32H2,2-5H3,(H,62,63)(H,65,72)/t41-,44+,48-,54+/m1/s1. The number of halogens is 3. The van der Waals surface area contributed by atoms with Gasteiger partial charge in [0.05, 0.1) is 46.1 Å². The molecule has 0 radical (unpaired) electrons. The maximum atomic E-state index is 15.9. The molecular formula is C57H65F3N10O6S2. The van der Waals surface area contributed by atoms with E-state index >= 15 is 8.78 Å². The number of aliphatic hydroxyl groups is 1. The summed E-state index contributed by atoms with van der Waals surface area (Å²) in [4.78, 5) is 63.2. The maximum Gasteiger partial charge on any atom is 0.246 e. The molecule has 0 spiro atoms. The summed E-state index contributed by atoms with van der Waals surface area (Å²) in [5.41, 5.74) is 6.54. The molecule has 4 N–H and O–H groups in total. The van der Waals surface area contributed by atoms with Crippen LogP contribution in [-0.2, 0) is 31.9 Å². The van der Waals surface area contributed by atoms with Gasteiger partial charge in [-0.1, -0.05) is 69.8 Å². The van der Waals surface area contributed by atoms with E-state index < -0.39 is 68.5 Å². The summed E-state index contributed by atoms with van der Waals surface area (Å²) in [5, 5.41) is 17.6. The van der Waals surface area contributed by atoms with Crippen LogP contribution in [0.5, 0.6) is 0 Å². The van der Waals surface area contributed by atoms with Gasteiger partial charge in [-0.15, -0.1) is 11.3 Å². The van der Waals surface area contributed by atoms with Crippen LogP contribution in [0.3, 0.4) is 0 Å². The SMILES string of the molecule is C=C(NCc1ccc(-c2scnc2C)cc1)[C@H]1C[C@H](O)CN1C(=O)[C@H](NC(=O)CN1CC(N2CCN(c3ccc(-c4cnc5[nH]cc(C(=O)c6c(F)ccc(CS(=O)(=O)N7CC[C@@H](F)C7)c6F)c5c4)cc3)CC2)C1)C(C)(C)C. The molecule has 16 nitrogen and oxygen atoms in total. The Kier molecular flexibility index (Phi) is 15.7. The Labute approximate surface area is 456 Å². The molecule has 4 atom stereocenters. The molecule has 10 rings (SSSR count). The van der Waals surface area contributed by atoms with Crippen LogP contribution < -0.4 is 15.5 Å². The summed E-state index contributed by atoms with van der Waals surface area (Å²) in [7, 11) is -4.12. The number of benzene rings is 3. The number of piperazine rings is 1. The van der Waals surface area contributed by atoms with Crippen molar-refractivity contribution < 1.29 is 41.1 Å². The van der Waals surface area contributed by atoms with Crippen molar-refractivity contribution in [1.82, 2.24) is 44.6 Å². The van der Waals surface area contributed by atoms with Gasteiger partial charge in [-0.3, -0.25) is 24.2 Å². The molecule has 3 aromatic carbocycles. The van der Waals surface area contributed by atoms with Crippen LogP contribution in [0.15, 0.2) is 96.9 Å². The zero-order valence-corrected chi connectivity index (χ0v) is 45.8. The molecule has 4 aliphatic rings.